The molecule has 20 heavy (non-hydrogen) atoms. The van der Waals surface area contributed by atoms with Gasteiger partial charge < -0.3 is 5.73 Å². The summed E-state index contributed by atoms with van der Waals surface area (Å²) in [4.78, 5) is 0. The van der Waals surface area contributed by atoms with Crippen molar-refractivity contribution in [3.05, 3.63) is 71.0 Å². The maximum atomic E-state index is 13.6. The van der Waals surface area contributed by atoms with E-state index in [1.54, 1.807) is 12.1 Å². The van der Waals surface area contributed by atoms with Gasteiger partial charge in [-0.1, -0.05) is 18.2 Å². The van der Waals surface area contributed by atoms with Crippen molar-refractivity contribution in [3.63, 3.8) is 0 Å². The Hall–Kier alpha value is -1.81. The summed E-state index contributed by atoms with van der Waals surface area (Å²) < 4.78 is 39.3. The largest absolute Gasteiger partial charge is 0.330 e. The Morgan fingerprint density at radius 3 is 2.10 bits per heavy atom. The molecule has 0 radical (unpaired) electrons. The average Bonchev–Trinajstić information content (AvgIpc) is 2.43. The molecule has 0 aromatic heterocycles. The molecule has 0 saturated heterocycles. The second-order valence-electron chi connectivity index (χ2n) is 4.87. The molecule has 2 aromatic carbocycles. The fourth-order valence-corrected chi connectivity index (χ4v) is 2.19. The highest BCUT2D eigenvalue weighted by Gasteiger charge is 2.12. The van der Waals surface area contributed by atoms with Crippen molar-refractivity contribution >= 4 is 0 Å². The van der Waals surface area contributed by atoms with Crippen LogP contribution in [0.4, 0.5) is 13.2 Å². The Balaban J connectivity index is 2.07. The van der Waals surface area contributed by atoms with Crippen molar-refractivity contribution in [2.24, 2.45) is 11.7 Å². The van der Waals surface area contributed by atoms with Crippen LogP contribution in [-0.4, -0.2) is 6.54 Å². The Labute approximate surface area is 116 Å². The number of hydrogen-bond acceptors (Lipinski definition) is 1. The lowest BCUT2D eigenvalue weighted by Crippen LogP contribution is -2.20. The Morgan fingerprint density at radius 1 is 0.850 bits per heavy atom. The van der Waals surface area contributed by atoms with Crippen LogP contribution in [0, 0.1) is 23.4 Å². The van der Waals surface area contributed by atoms with Gasteiger partial charge in [0.2, 0.25) is 0 Å². The topological polar surface area (TPSA) is 26.0 Å². The van der Waals surface area contributed by atoms with Crippen LogP contribution < -0.4 is 5.73 Å². The van der Waals surface area contributed by atoms with Gasteiger partial charge in [0.25, 0.3) is 0 Å². The van der Waals surface area contributed by atoms with Crippen molar-refractivity contribution < 1.29 is 13.2 Å². The first kappa shape index (κ1) is 14.6. The maximum absolute atomic E-state index is 13.6. The zero-order valence-corrected chi connectivity index (χ0v) is 11.0. The van der Waals surface area contributed by atoms with E-state index in [0.717, 1.165) is 11.6 Å². The molecule has 0 aliphatic heterocycles. The van der Waals surface area contributed by atoms with E-state index in [1.807, 2.05) is 0 Å². The van der Waals surface area contributed by atoms with E-state index in [0.29, 0.717) is 24.9 Å². The van der Waals surface area contributed by atoms with E-state index in [4.69, 9.17) is 5.73 Å². The molecule has 0 heterocycles. The predicted molar refractivity (Wildman–Crippen MR) is 72.7 cm³/mol. The lowest BCUT2D eigenvalue weighted by molar-refractivity contribution is 0.506. The molecule has 0 fully saturated rings. The first-order valence-corrected chi connectivity index (χ1v) is 6.47. The van der Waals surface area contributed by atoms with Crippen LogP contribution in [0.25, 0.3) is 0 Å². The zero-order valence-electron chi connectivity index (χ0n) is 11.0. The van der Waals surface area contributed by atoms with Crippen LogP contribution in [-0.2, 0) is 12.8 Å². The molecule has 106 valence electrons. The number of halogens is 3. The second kappa shape index (κ2) is 6.57. The predicted octanol–water partition coefficient (Wildman–Crippen LogP) is 3.46. The van der Waals surface area contributed by atoms with Crippen molar-refractivity contribution in [2.45, 2.75) is 12.8 Å². The second-order valence-corrected chi connectivity index (χ2v) is 4.87. The highest BCUT2D eigenvalue weighted by atomic mass is 19.1. The fraction of sp³-hybridized carbons (Fsp3) is 0.250. The van der Waals surface area contributed by atoms with Gasteiger partial charge in [-0.05, 0) is 54.6 Å². The molecule has 0 aliphatic rings. The van der Waals surface area contributed by atoms with E-state index < -0.39 is 11.6 Å². The van der Waals surface area contributed by atoms with Crippen LogP contribution in [0.3, 0.4) is 0 Å². The summed E-state index contributed by atoms with van der Waals surface area (Å²) >= 11 is 0. The van der Waals surface area contributed by atoms with Gasteiger partial charge in [-0.25, -0.2) is 13.2 Å². The minimum absolute atomic E-state index is 0.0282. The smallest absolute Gasteiger partial charge is 0.129 e. The van der Waals surface area contributed by atoms with Gasteiger partial charge in [0.1, 0.15) is 17.5 Å². The minimum Gasteiger partial charge on any atom is -0.330 e. The number of rotatable bonds is 5. The molecule has 1 nitrogen and oxygen atoms in total. The summed E-state index contributed by atoms with van der Waals surface area (Å²) in [5.41, 5.74) is 7.10. The van der Waals surface area contributed by atoms with Crippen molar-refractivity contribution in [2.75, 3.05) is 6.54 Å². The van der Waals surface area contributed by atoms with Crippen LogP contribution in [0.2, 0.25) is 0 Å². The molecule has 0 saturated carbocycles. The highest BCUT2D eigenvalue weighted by Crippen LogP contribution is 2.17. The average molecular weight is 279 g/mol. The minimum atomic E-state index is -0.589. The van der Waals surface area contributed by atoms with Crippen LogP contribution >= 0.6 is 0 Å². The normalized spacial score (nSPS) is 12.4. The molecule has 2 N–H and O–H groups in total. The third kappa shape index (κ3) is 3.84. The Bertz CT molecular complexity index is 566. The molecule has 0 amide bonds. The van der Waals surface area contributed by atoms with Crippen molar-refractivity contribution in [3.8, 4) is 0 Å². The summed E-state index contributed by atoms with van der Waals surface area (Å²) in [7, 11) is 0. The monoisotopic (exact) mass is 279 g/mol. The lowest BCUT2D eigenvalue weighted by Gasteiger charge is -2.15. The maximum Gasteiger partial charge on any atom is 0.129 e. The van der Waals surface area contributed by atoms with Crippen LogP contribution in [0.5, 0.6) is 0 Å². The van der Waals surface area contributed by atoms with Gasteiger partial charge >= 0.3 is 0 Å². The fourth-order valence-electron chi connectivity index (χ4n) is 2.19. The van der Waals surface area contributed by atoms with Crippen LogP contribution in [0.15, 0.2) is 42.5 Å². The van der Waals surface area contributed by atoms with Crippen molar-refractivity contribution in [1.29, 1.82) is 0 Å². The van der Waals surface area contributed by atoms with Gasteiger partial charge in [0.05, 0.1) is 0 Å². The summed E-state index contributed by atoms with van der Waals surface area (Å²) in [6, 6.07) is 9.73. The van der Waals surface area contributed by atoms with Gasteiger partial charge in [-0.3, -0.25) is 0 Å². The zero-order chi connectivity index (χ0) is 14.5. The Kier molecular flexibility index (Phi) is 4.79. The van der Waals surface area contributed by atoms with E-state index in [1.165, 1.54) is 24.3 Å². The summed E-state index contributed by atoms with van der Waals surface area (Å²) in [6.07, 6.45) is 1.06. The molecule has 2 aromatic rings. The molecule has 1 atom stereocenters. The molecule has 4 heteroatoms. The van der Waals surface area contributed by atoms with Crippen LogP contribution in [0.1, 0.15) is 11.1 Å². The molecule has 0 spiro atoms. The Morgan fingerprint density at radius 2 is 1.50 bits per heavy atom. The van der Waals surface area contributed by atoms with Crippen molar-refractivity contribution in [1.82, 2.24) is 0 Å². The van der Waals surface area contributed by atoms with Gasteiger partial charge in [0.15, 0.2) is 0 Å². The lowest BCUT2D eigenvalue weighted by atomic mass is 9.92. The first-order chi connectivity index (χ1) is 9.58. The molecular weight excluding hydrogens is 263 g/mol. The highest BCUT2D eigenvalue weighted by molar-refractivity contribution is 5.21. The number of benzene rings is 2. The van der Waals surface area contributed by atoms with Gasteiger partial charge in [-0.2, -0.15) is 0 Å². The molecule has 0 aliphatic carbocycles. The van der Waals surface area contributed by atoms with E-state index in [2.05, 4.69) is 0 Å². The summed E-state index contributed by atoms with van der Waals surface area (Å²) in [5.74, 6) is -1.40. The quantitative estimate of drug-likeness (QED) is 0.891. The summed E-state index contributed by atoms with van der Waals surface area (Å²) in [5, 5.41) is 0. The molecular formula is C16H16F3N. The third-order valence-corrected chi connectivity index (χ3v) is 3.29. The molecule has 0 bridgehead atoms. The standard InChI is InChI=1S/C16H16F3N/c17-14-4-1-11(2-5-14)7-12(10-20)8-13-3-6-15(18)9-16(13)19/h1-6,9,12H,7-8,10,20H2. The van der Waals surface area contributed by atoms with Gasteiger partial charge in [0, 0.05) is 6.07 Å². The van der Waals surface area contributed by atoms with E-state index >= 15 is 0 Å². The SMILES string of the molecule is NCC(Cc1ccc(F)cc1)Cc1ccc(F)cc1F. The third-order valence-electron chi connectivity index (χ3n) is 3.29. The van der Waals surface area contributed by atoms with E-state index in [9.17, 15) is 13.2 Å². The number of nitrogens with two attached hydrogens (primary N) is 1. The molecule has 1 unspecified atom stereocenters. The molecule has 2 rings (SSSR count). The first-order valence-electron chi connectivity index (χ1n) is 6.47. The number of hydrogen-bond donors (Lipinski definition) is 1. The van der Waals surface area contributed by atoms with E-state index in [-0.39, 0.29) is 11.7 Å². The van der Waals surface area contributed by atoms with Gasteiger partial charge in [-0.15, -0.1) is 0 Å². The summed E-state index contributed by atoms with van der Waals surface area (Å²) in [6.45, 7) is 0.383.